The predicted octanol–water partition coefficient (Wildman–Crippen LogP) is 11.3. The lowest BCUT2D eigenvalue weighted by Crippen LogP contribution is -2.26. The van der Waals surface area contributed by atoms with Crippen molar-refractivity contribution < 1.29 is 61.9 Å². The van der Waals surface area contributed by atoms with Gasteiger partial charge in [0, 0.05) is 63.9 Å². The molecule has 3 N–H and O–H groups in total. The zero-order chi connectivity index (χ0) is 52.3. The molecule has 2 heterocycles. The number of rotatable bonds is 22. The van der Waals surface area contributed by atoms with Gasteiger partial charge in [0.05, 0.1) is 75.4 Å². The fourth-order valence-corrected chi connectivity index (χ4v) is 8.17. The monoisotopic (exact) mass is 1000 g/mol. The van der Waals surface area contributed by atoms with E-state index in [4.69, 9.17) is 52.3 Å². The summed E-state index contributed by atoms with van der Waals surface area (Å²) >= 11 is 0. The molecule has 0 amide bonds. The summed E-state index contributed by atoms with van der Waals surface area (Å²) in [6.45, 7) is 0. The van der Waals surface area contributed by atoms with Gasteiger partial charge in [-0.3, -0.25) is 9.59 Å². The first-order chi connectivity index (χ1) is 36.1. The van der Waals surface area contributed by atoms with Gasteiger partial charge in [-0.2, -0.15) is 0 Å². The molecule has 0 bridgehead atoms. The summed E-state index contributed by atoms with van der Waals surface area (Å²) in [7, 11) is 13.8. The first-order valence-electron chi connectivity index (χ1n) is 22.8. The van der Waals surface area contributed by atoms with Gasteiger partial charge in [0.1, 0.15) is 5.75 Å². The van der Waals surface area contributed by atoms with Crippen LogP contribution in [0.1, 0.15) is 43.0 Å². The minimum atomic E-state index is -0.347. The molecule has 1 aliphatic heterocycles. The Morgan fingerprint density at radius 3 is 1.61 bits per heavy atom. The van der Waals surface area contributed by atoms with E-state index in [0.717, 1.165) is 27.3 Å². The van der Waals surface area contributed by atoms with E-state index in [1.54, 1.807) is 97.5 Å². The van der Waals surface area contributed by atoms with E-state index >= 15 is 0 Å². The van der Waals surface area contributed by atoms with Crippen LogP contribution in [0.3, 0.4) is 0 Å². The lowest BCUT2D eigenvalue weighted by Gasteiger charge is -2.18. The predicted molar refractivity (Wildman–Crippen MR) is 285 cm³/mol. The minimum absolute atomic E-state index is 0.183. The van der Waals surface area contributed by atoms with Crippen LogP contribution in [0.25, 0.3) is 35.2 Å². The summed E-state index contributed by atoms with van der Waals surface area (Å²) in [5, 5.41) is 8.45. The van der Waals surface area contributed by atoms with Crippen molar-refractivity contribution in [3.05, 3.63) is 155 Å². The molecule has 1 aliphatic rings. The van der Waals surface area contributed by atoms with Crippen LogP contribution in [-0.4, -0.2) is 80.5 Å². The third kappa shape index (κ3) is 10.5. The van der Waals surface area contributed by atoms with Gasteiger partial charge in [-0.1, -0.05) is 42.5 Å². The summed E-state index contributed by atoms with van der Waals surface area (Å²) in [5.74, 6) is 4.15. The fraction of sp³-hybridized carbons (Fsp3) is 0.158. The summed E-state index contributed by atoms with van der Waals surface area (Å²) < 4.78 is 50.7. The average Bonchev–Trinajstić information content (AvgIpc) is 4.08. The molecule has 7 aromatic rings. The summed E-state index contributed by atoms with van der Waals surface area (Å²) in [5.41, 5.74) is 6.04. The minimum Gasteiger partial charge on any atom is -0.494 e. The number of aromatic amines is 1. The maximum atomic E-state index is 13.8. The van der Waals surface area contributed by atoms with Crippen LogP contribution in [0.2, 0.25) is 0 Å². The van der Waals surface area contributed by atoms with Crippen molar-refractivity contribution in [1.29, 1.82) is 0 Å². The number of hydrogen-bond donors (Lipinski definition) is 3. The van der Waals surface area contributed by atoms with E-state index in [1.165, 1.54) is 39.7 Å². The number of benzene rings is 6. The van der Waals surface area contributed by atoms with E-state index < -0.39 is 0 Å². The maximum Gasteiger partial charge on any atom is 0.246 e. The highest BCUT2D eigenvalue weighted by Crippen LogP contribution is 2.47. The third-order valence-corrected chi connectivity index (χ3v) is 11.8. The van der Waals surface area contributed by atoms with E-state index in [0.29, 0.717) is 103 Å². The Morgan fingerprint density at radius 2 is 1.04 bits per heavy atom. The van der Waals surface area contributed by atoms with Crippen molar-refractivity contribution in [3.63, 3.8) is 0 Å². The number of nitrogens with one attached hydrogen (secondary N) is 3. The number of allylic oxidation sites excluding steroid dienone is 2. The van der Waals surface area contributed by atoms with Crippen LogP contribution >= 0.6 is 0 Å². The van der Waals surface area contributed by atoms with Crippen LogP contribution in [0.4, 0.5) is 17.1 Å². The Hall–Kier alpha value is -9.64. The zero-order valence-corrected chi connectivity index (χ0v) is 42.1. The van der Waals surface area contributed by atoms with Crippen LogP contribution in [-0.2, 0) is 0 Å². The molecule has 0 saturated carbocycles. The topological polar surface area (TPSA) is 179 Å². The second-order valence-corrected chi connectivity index (χ2v) is 16.0. The Kier molecular flexibility index (Phi) is 15.8. The number of carbonyl (C=O) groups is 2. The molecular formula is C57H54N4O13. The van der Waals surface area contributed by atoms with Gasteiger partial charge < -0.3 is 67.9 Å². The zero-order valence-electron chi connectivity index (χ0n) is 42.1. The first-order valence-corrected chi connectivity index (χ1v) is 22.8. The highest BCUT2D eigenvalue weighted by atomic mass is 17.0. The molecule has 8 rings (SSSR count). The number of hydrogen-bond acceptors (Lipinski definition) is 16. The Balaban J connectivity index is 1.01. The number of ketones is 2. The second kappa shape index (κ2) is 23.1. The third-order valence-electron chi connectivity index (χ3n) is 11.8. The van der Waals surface area contributed by atoms with Crippen LogP contribution in [0.5, 0.6) is 63.2 Å². The molecule has 6 aromatic carbocycles. The molecule has 0 fully saturated rings. The number of nitrogens with zero attached hydrogens (tertiary/aromatic N) is 1. The van der Waals surface area contributed by atoms with Gasteiger partial charge >= 0.3 is 0 Å². The van der Waals surface area contributed by atoms with Gasteiger partial charge in [-0.25, -0.2) is 0 Å². The van der Waals surface area contributed by atoms with Crippen molar-refractivity contribution in [1.82, 2.24) is 4.98 Å². The summed E-state index contributed by atoms with van der Waals surface area (Å²) in [4.78, 5) is 42.7. The molecule has 0 saturated heterocycles. The van der Waals surface area contributed by atoms with E-state index in [2.05, 4.69) is 15.6 Å². The number of para-hydroxylation sites is 1. The molecule has 0 unspecified atom stereocenters. The summed E-state index contributed by atoms with van der Waals surface area (Å²) in [6.07, 6.45) is 15.1. The molecule has 380 valence electrons. The van der Waals surface area contributed by atoms with E-state index in [-0.39, 0.29) is 11.6 Å². The molecule has 17 nitrogen and oxygen atoms in total. The molecule has 0 radical (unpaired) electrons. The molecule has 74 heavy (non-hydrogen) atoms. The van der Waals surface area contributed by atoms with Crippen LogP contribution < -0.4 is 68.2 Å². The molecule has 0 spiro atoms. The average molecular weight is 1000 g/mol. The standard InChI is InChI=1S/C57H54N4O13/c1-64-45-21-20-38(43(62)24-26-58-52-36(18-22-46(65-2)56(52)71-8)16-14-34-28-48(67-4)54(70-7)49(29-34)68-5)32-42(45)61-73-51-31-35(30-50(69-6)55(51)74-61)15-17-37-19-23-47(66-3)57(72-9)53(37)59-27-25-44(63)40-33-60-41-13-11-10-12-39(40)41/h10-33,58-60H,1-9H3/b16-14-,17-15-,26-24-,27-25-. The largest absolute Gasteiger partial charge is 0.494 e. The lowest BCUT2D eigenvalue weighted by atomic mass is 10.1. The fourth-order valence-electron chi connectivity index (χ4n) is 8.17. The molecule has 0 atom stereocenters. The van der Waals surface area contributed by atoms with Gasteiger partial charge in [-0.05, 0) is 89.1 Å². The number of carbonyl (C=O) groups excluding carboxylic acids is 2. The smallest absolute Gasteiger partial charge is 0.246 e. The van der Waals surface area contributed by atoms with Crippen molar-refractivity contribution >= 4 is 63.8 Å². The Bertz CT molecular complexity index is 3310. The van der Waals surface area contributed by atoms with Crippen molar-refractivity contribution in [3.8, 4) is 63.2 Å². The van der Waals surface area contributed by atoms with Gasteiger partial charge in [0.2, 0.25) is 17.2 Å². The van der Waals surface area contributed by atoms with Crippen molar-refractivity contribution in [2.45, 2.75) is 0 Å². The highest BCUT2D eigenvalue weighted by molar-refractivity contribution is 6.13. The normalized spacial score (nSPS) is 11.9. The Labute approximate surface area is 427 Å². The Morgan fingerprint density at radius 1 is 0.514 bits per heavy atom. The molecular weight excluding hydrogens is 949 g/mol. The second-order valence-electron chi connectivity index (χ2n) is 16.0. The SMILES string of the molecule is COc1ccc(C(=O)/C=C\Nc2c(/C=C\c3cc(OC)c(OC)c(OC)c3)ccc(OC)c2OC)cc1N1Oc2cc(/C=C\c3ccc(OC)c(OC)c3N/C=C\C(=O)c3c[nH]c4ccccc34)cc(OC)c2O1. The number of H-pyrrole nitrogens is 1. The quantitative estimate of drug-likeness (QED) is 0.0331. The van der Waals surface area contributed by atoms with Gasteiger partial charge in [-0.15, -0.1) is 0 Å². The number of aromatic nitrogens is 1. The van der Waals surface area contributed by atoms with Gasteiger partial charge in [0.25, 0.3) is 0 Å². The van der Waals surface area contributed by atoms with Gasteiger partial charge in [0.15, 0.2) is 57.5 Å². The van der Waals surface area contributed by atoms with E-state index in [9.17, 15) is 9.59 Å². The number of methoxy groups -OCH3 is 9. The molecule has 1 aromatic heterocycles. The number of ether oxygens (including phenoxy) is 9. The maximum absolute atomic E-state index is 13.8. The highest BCUT2D eigenvalue weighted by Gasteiger charge is 2.31. The molecule has 17 heteroatoms. The van der Waals surface area contributed by atoms with Crippen molar-refractivity contribution in [2.75, 3.05) is 79.8 Å². The first kappa shape index (κ1) is 50.7. The number of fused-ring (bicyclic) bond motifs is 2. The molecule has 0 aliphatic carbocycles. The van der Waals surface area contributed by atoms with Crippen LogP contribution in [0, 0.1) is 0 Å². The van der Waals surface area contributed by atoms with Crippen LogP contribution in [0.15, 0.2) is 122 Å². The van der Waals surface area contributed by atoms with E-state index in [1.807, 2.05) is 72.8 Å². The summed E-state index contributed by atoms with van der Waals surface area (Å²) in [6, 6.07) is 27.0. The van der Waals surface area contributed by atoms with Crippen molar-refractivity contribution in [2.24, 2.45) is 0 Å². The number of anilines is 3. The lowest BCUT2D eigenvalue weighted by molar-refractivity contribution is 0.103.